The van der Waals surface area contributed by atoms with E-state index in [1.165, 1.54) is 4.90 Å². The van der Waals surface area contributed by atoms with E-state index in [0.29, 0.717) is 44.3 Å². The number of rotatable bonds is 4. The number of amides is 2. The minimum absolute atomic E-state index is 0.175. The maximum atomic E-state index is 13.0. The fourth-order valence-corrected chi connectivity index (χ4v) is 4.04. The fourth-order valence-electron chi connectivity index (χ4n) is 4.04. The lowest BCUT2D eigenvalue weighted by Crippen LogP contribution is -2.51. The van der Waals surface area contributed by atoms with Crippen molar-refractivity contribution in [2.45, 2.75) is 38.0 Å². The lowest BCUT2D eigenvalue weighted by molar-refractivity contribution is -0.188. The molecule has 3 saturated heterocycles. The SMILES string of the molecule is CCOc1ccccc1N1C(=O)C[C@@H](N2CCC3(CC2)OCCO3)C1=O. The third kappa shape index (κ3) is 3.00. The van der Waals surface area contributed by atoms with Crippen molar-refractivity contribution in [2.24, 2.45) is 0 Å². The van der Waals surface area contributed by atoms with Gasteiger partial charge in [-0.2, -0.15) is 0 Å². The summed E-state index contributed by atoms with van der Waals surface area (Å²) in [5, 5.41) is 0. The Morgan fingerprint density at radius 3 is 2.54 bits per heavy atom. The highest BCUT2D eigenvalue weighted by molar-refractivity contribution is 6.23. The summed E-state index contributed by atoms with van der Waals surface area (Å²) < 4.78 is 17.1. The maximum absolute atomic E-state index is 13.0. The molecule has 1 aromatic rings. The zero-order valence-electron chi connectivity index (χ0n) is 15.0. The van der Waals surface area contributed by atoms with Crippen LogP contribution in [0.3, 0.4) is 0 Å². The molecule has 26 heavy (non-hydrogen) atoms. The van der Waals surface area contributed by atoms with Crippen molar-refractivity contribution in [2.75, 3.05) is 37.8 Å². The average Bonchev–Trinajstić information content (AvgIpc) is 3.22. The molecule has 3 aliphatic heterocycles. The summed E-state index contributed by atoms with van der Waals surface area (Å²) in [5.41, 5.74) is 0.530. The van der Waals surface area contributed by atoms with E-state index >= 15 is 0 Å². The number of piperidine rings is 1. The zero-order valence-corrected chi connectivity index (χ0v) is 15.0. The molecule has 1 spiro atoms. The van der Waals surface area contributed by atoms with Gasteiger partial charge < -0.3 is 14.2 Å². The highest BCUT2D eigenvalue weighted by Crippen LogP contribution is 2.36. The van der Waals surface area contributed by atoms with Crippen molar-refractivity contribution < 1.29 is 23.8 Å². The molecule has 0 aliphatic carbocycles. The van der Waals surface area contributed by atoms with Crippen LogP contribution < -0.4 is 9.64 Å². The van der Waals surface area contributed by atoms with Crippen LogP contribution in [0.4, 0.5) is 5.69 Å². The van der Waals surface area contributed by atoms with E-state index in [1.807, 2.05) is 19.1 Å². The average molecular weight is 360 g/mol. The van der Waals surface area contributed by atoms with E-state index < -0.39 is 11.8 Å². The first-order valence-corrected chi connectivity index (χ1v) is 9.24. The van der Waals surface area contributed by atoms with Crippen LogP contribution >= 0.6 is 0 Å². The lowest BCUT2D eigenvalue weighted by atomic mass is 10.0. The number of para-hydroxylation sites is 2. The largest absolute Gasteiger partial charge is 0.492 e. The number of nitrogens with zero attached hydrogens (tertiary/aromatic N) is 2. The Hall–Kier alpha value is -1.96. The van der Waals surface area contributed by atoms with E-state index in [9.17, 15) is 9.59 Å². The molecule has 0 unspecified atom stereocenters. The van der Waals surface area contributed by atoms with E-state index in [1.54, 1.807) is 12.1 Å². The first kappa shape index (κ1) is 17.5. The second-order valence-corrected chi connectivity index (χ2v) is 6.83. The summed E-state index contributed by atoms with van der Waals surface area (Å²) in [6, 6.07) is 6.77. The third-order valence-electron chi connectivity index (χ3n) is 5.34. The number of hydrogen-bond donors (Lipinski definition) is 0. The quantitative estimate of drug-likeness (QED) is 0.759. The van der Waals surface area contributed by atoms with E-state index in [4.69, 9.17) is 14.2 Å². The molecule has 0 saturated carbocycles. The predicted molar refractivity (Wildman–Crippen MR) is 94.0 cm³/mol. The Morgan fingerprint density at radius 2 is 1.85 bits per heavy atom. The number of ether oxygens (including phenoxy) is 3. The van der Waals surface area contributed by atoms with Crippen molar-refractivity contribution >= 4 is 17.5 Å². The molecule has 0 bridgehead atoms. The number of likely N-dealkylation sites (tertiary alicyclic amines) is 1. The standard InChI is InChI=1S/C19H24N2O5/c1-2-24-16-6-4-3-5-14(16)21-17(22)13-15(18(21)23)20-9-7-19(8-10-20)25-11-12-26-19/h3-6,15H,2,7-13H2,1H3/t15-/m1/s1. The molecule has 0 N–H and O–H groups in total. The summed E-state index contributed by atoms with van der Waals surface area (Å²) >= 11 is 0. The molecule has 140 valence electrons. The van der Waals surface area contributed by atoms with Gasteiger partial charge in [-0.05, 0) is 19.1 Å². The van der Waals surface area contributed by atoms with Gasteiger partial charge >= 0.3 is 0 Å². The van der Waals surface area contributed by atoms with Gasteiger partial charge in [0.2, 0.25) is 5.91 Å². The summed E-state index contributed by atoms with van der Waals surface area (Å²) in [7, 11) is 0. The monoisotopic (exact) mass is 360 g/mol. The van der Waals surface area contributed by atoms with Crippen molar-refractivity contribution in [3.05, 3.63) is 24.3 Å². The number of imide groups is 1. The molecule has 0 aromatic heterocycles. The molecule has 1 aromatic carbocycles. The normalized spacial score (nSPS) is 26.0. The van der Waals surface area contributed by atoms with Gasteiger partial charge in [0.1, 0.15) is 5.75 Å². The fraction of sp³-hybridized carbons (Fsp3) is 0.579. The number of benzene rings is 1. The highest BCUT2D eigenvalue weighted by atomic mass is 16.7. The van der Waals surface area contributed by atoms with E-state index in [0.717, 1.165) is 12.8 Å². The molecular formula is C19H24N2O5. The smallest absolute Gasteiger partial charge is 0.251 e. The summed E-state index contributed by atoms with van der Waals surface area (Å²) in [6.07, 6.45) is 1.65. The van der Waals surface area contributed by atoms with Gasteiger partial charge in [-0.1, -0.05) is 12.1 Å². The summed E-state index contributed by atoms with van der Waals surface area (Å²) in [5.74, 6) is -0.279. The van der Waals surface area contributed by atoms with Gasteiger partial charge in [0.25, 0.3) is 5.91 Å². The number of hydrogen-bond acceptors (Lipinski definition) is 6. The van der Waals surface area contributed by atoms with Crippen LogP contribution in [0, 0.1) is 0 Å². The third-order valence-corrected chi connectivity index (χ3v) is 5.34. The van der Waals surface area contributed by atoms with E-state index in [2.05, 4.69) is 4.90 Å². The topological polar surface area (TPSA) is 68.3 Å². The van der Waals surface area contributed by atoms with Gasteiger partial charge in [0.05, 0.1) is 38.0 Å². The minimum atomic E-state index is -0.483. The molecule has 3 aliphatic rings. The Labute approximate surface area is 152 Å². The van der Waals surface area contributed by atoms with Crippen LogP contribution in [0.2, 0.25) is 0 Å². The number of carbonyl (C=O) groups excluding carboxylic acids is 2. The van der Waals surface area contributed by atoms with Gasteiger partial charge in [0, 0.05) is 25.9 Å². The molecule has 3 heterocycles. The second kappa shape index (κ2) is 6.98. The molecule has 4 rings (SSSR count). The molecule has 2 amide bonds. The molecule has 0 radical (unpaired) electrons. The summed E-state index contributed by atoms with van der Waals surface area (Å²) in [6.45, 7) is 4.98. The second-order valence-electron chi connectivity index (χ2n) is 6.83. The Bertz CT molecular complexity index is 691. The Balaban J connectivity index is 1.50. The van der Waals surface area contributed by atoms with Gasteiger partial charge in [-0.15, -0.1) is 0 Å². The zero-order chi connectivity index (χ0) is 18.1. The van der Waals surface area contributed by atoms with Crippen molar-refractivity contribution in [3.8, 4) is 5.75 Å². The van der Waals surface area contributed by atoms with Crippen LogP contribution in [-0.2, 0) is 19.1 Å². The molecule has 3 fully saturated rings. The van der Waals surface area contributed by atoms with Crippen molar-refractivity contribution in [1.29, 1.82) is 0 Å². The predicted octanol–water partition coefficient (Wildman–Crippen LogP) is 1.56. The van der Waals surface area contributed by atoms with E-state index in [-0.39, 0.29) is 18.2 Å². The van der Waals surface area contributed by atoms with Gasteiger partial charge in [-0.3, -0.25) is 14.5 Å². The van der Waals surface area contributed by atoms with Crippen molar-refractivity contribution in [1.82, 2.24) is 4.90 Å². The Kier molecular flexibility index (Phi) is 4.69. The van der Waals surface area contributed by atoms with Gasteiger partial charge in [-0.25, -0.2) is 4.90 Å². The van der Waals surface area contributed by atoms with Crippen molar-refractivity contribution in [3.63, 3.8) is 0 Å². The lowest BCUT2D eigenvalue weighted by Gasteiger charge is -2.39. The maximum Gasteiger partial charge on any atom is 0.251 e. The molecule has 7 nitrogen and oxygen atoms in total. The molecule has 7 heteroatoms. The minimum Gasteiger partial charge on any atom is -0.492 e. The summed E-state index contributed by atoms with van der Waals surface area (Å²) in [4.78, 5) is 29.0. The van der Waals surface area contributed by atoms with Crippen LogP contribution in [0.5, 0.6) is 5.75 Å². The first-order valence-electron chi connectivity index (χ1n) is 9.24. The van der Waals surface area contributed by atoms with Crippen LogP contribution in [0.25, 0.3) is 0 Å². The first-order chi connectivity index (χ1) is 12.6. The molecular weight excluding hydrogens is 336 g/mol. The highest BCUT2D eigenvalue weighted by Gasteiger charge is 2.47. The van der Waals surface area contributed by atoms with Crippen LogP contribution in [0.15, 0.2) is 24.3 Å². The van der Waals surface area contributed by atoms with Crippen LogP contribution in [-0.4, -0.2) is 61.5 Å². The Morgan fingerprint density at radius 1 is 1.15 bits per heavy atom. The van der Waals surface area contributed by atoms with Crippen LogP contribution in [0.1, 0.15) is 26.2 Å². The van der Waals surface area contributed by atoms with Gasteiger partial charge in [0.15, 0.2) is 5.79 Å². The molecule has 1 atom stereocenters. The number of carbonyl (C=O) groups is 2. The number of anilines is 1.